The van der Waals surface area contributed by atoms with E-state index in [0.29, 0.717) is 18.5 Å². The molecular weight excluding hydrogens is 350 g/mol. The molecule has 1 amide bonds. The van der Waals surface area contributed by atoms with E-state index in [-0.39, 0.29) is 17.5 Å². The molecule has 2 aliphatic heterocycles. The van der Waals surface area contributed by atoms with Crippen LogP contribution in [0.1, 0.15) is 19.8 Å². The van der Waals surface area contributed by atoms with Crippen LogP contribution in [0.2, 0.25) is 0 Å². The lowest BCUT2D eigenvalue weighted by atomic mass is 10.1. The molecule has 27 heavy (non-hydrogen) atoms. The Kier molecular flexibility index (Phi) is 4.95. The molecular formula is C20H24F2N4O. The quantitative estimate of drug-likeness (QED) is 0.828. The molecule has 3 heterocycles. The first-order chi connectivity index (χ1) is 13.0. The first-order valence-electron chi connectivity index (χ1n) is 9.56. The standard InChI is InChI=1S/C20H24F2N4O/c1-14(20(27)26-6-2-3-7-26)24-8-10-25(11-9-24)18-4-5-23-19-16(18)12-15(21)13-17(19)22/h4-5,12-14H,2-3,6-11H2,1H3. The molecule has 0 saturated carbocycles. The number of hydrogen-bond acceptors (Lipinski definition) is 4. The minimum Gasteiger partial charge on any atom is -0.368 e. The fourth-order valence-corrected chi connectivity index (χ4v) is 4.15. The maximum absolute atomic E-state index is 14.0. The number of benzene rings is 1. The van der Waals surface area contributed by atoms with E-state index in [1.807, 2.05) is 11.8 Å². The molecule has 5 nitrogen and oxygen atoms in total. The lowest BCUT2D eigenvalue weighted by Crippen LogP contribution is -2.54. The van der Waals surface area contributed by atoms with Gasteiger partial charge < -0.3 is 9.80 Å². The summed E-state index contributed by atoms with van der Waals surface area (Å²) in [6.07, 6.45) is 3.74. The van der Waals surface area contributed by atoms with Gasteiger partial charge in [-0.25, -0.2) is 8.78 Å². The highest BCUT2D eigenvalue weighted by molar-refractivity contribution is 5.92. The van der Waals surface area contributed by atoms with Crippen molar-refractivity contribution in [2.75, 3.05) is 44.2 Å². The molecule has 2 saturated heterocycles. The molecule has 7 heteroatoms. The second kappa shape index (κ2) is 7.38. The van der Waals surface area contributed by atoms with Gasteiger partial charge in [0.15, 0.2) is 5.82 Å². The van der Waals surface area contributed by atoms with Crippen LogP contribution in [-0.2, 0) is 4.79 Å². The number of piperazine rings is 1. The first kappa shape index (κ1) is 18.1. The van der Waals surface area contributed by atoms with Gasteiger partial charge in [0.2, 0.25) is 5.91 Å². The van der Waals surface area contributed by atoms with Gasteiger partial charge in [-0.1, -0.05) is 0 Å². The molecule has 0 bridgehead atoms. The lowest BCUT2D eigenvalue weighted by molar-refractivity contribution is -0.135. The highest BCUT2D eigenvalue weighted by Gasteiger charge is 2.30. The third-order valence-electron chi connectivity index (χ3n) is 5.72. The average molecular weight is 374 g/mol. The normalized spacial score (nSPS) is 19.7. The zero-order chi connectivity index (χ0) is 19.0. The van der Waals surface area contributed by atoms with E-state index < -0.39 is 11.6 Å². The molecule has 4 rings (SSSR count). The number of amides is 1. The first-order valence-corrected chi connectivity index (χ1v) is 9.56. The van der Waals surface area contributed by atoms with Crippen molar-refractivity contribution in [1.82, 2.24) is 14.8 Å². The third-order valence-corrected chi connectivity index (χ3v) is 5.72. The van der Waals surface area contributed by atoms with Crippen molar-refractivity contribution in [3.8, 4) is 0 Å². The number of carbonyl (C=O) groups excluding carboxylic acids is 1. The molecule has 2 aliphatic rings. The number of nitrogens with zero attached hydrogens (tertiary/aromatic N) is 4. The summed E-state index contributed by atoms with van der Waals surface area (Å²) in [6, 6.07) is 3.87. The number of anilines is 1. The Morgan fingerprint density at radius 1 is 1.07 bits per heavy atom. The fourth-order valence-electron chi connectivity index (χ4n) is 4.15. The largest absolute Gasteiger partial charge is 0.368 e. The highest BCUT2D eigenvalue weighted by atomic mass is 19.1. The predicted octanol–water partition coefficient (Wildman–Crippen LogP) is 2.65. The number of hydrogen-bond donors (Lipinski definition) is 0. The van der Waals surface area contributed by atoms with Crippen LogP contribution in [0.3, 0.4) is 0 Å². The van der Waals surface area contributed by atoms with E-state index in [9.17, 15) is 13.6 Å². The summed E-state index contributed by atoms with van der Waals surface area (Å²) in [4.78, 5) is 23.0. The predicted molar refractivity (Wildman–Crippen MR) is 101 cm³/mol. The van der Waals surface area contributed by atoms with Crippen LogP contribution in [0, 0.1) is 11.6 Å². The van der Waals surface area contributed by atoms with E-state index in [0.717, 1.165) is 50.8 Å². The second-order valence-electron chi connectivity index (χ2n) is 7.35. The molecule has 0 aliphatic carbocycles. The van der Waals surface area contributed by atoms with Crippen molar-refractivity contribution >= 4 is 22.5 Å². The van der Waals surface area contributed by atoms with Gasteiger partial charge in [-0.15, -0.1) is 0 Å². The van der Waals surface area contributed by atoms with Crippen LogP contribution < -0.4 is 4.90 Å². The zero-order valence-electron chi connectivity index (χ0n) is 15.5. The number of halogens is 2. The Morgan fingerprint density at radius 3 is 2.48 bits per heavy atom. The van der Waals surface area contributed by atoms with Gasteiger partial charge in [-0.3, -0.25) is 14.7 Å². The molecule has 1 aromatic heterocycles. The SMILES string of the molecule is CC(C(=O)N1CCCC1)N1CCN(c2ccnc3c(F)cc(F)cc23)CC1. The smallest absolute Gasteiger partial charge is 0.239 e. The summed E-state index contributed by atoms with van der Waals surface area (Å²) >= 11 is 0. The molecule has 0 spiro atoms. The number of likely N-dealkylation sites (tertiary alicyclic amines) is 1. The molecule has 0 N–H and O–H groups in total. The Labute approximate surface area is 157 Å². The summed E-state index contributed by atoms with van der Waals surface area (Å²) in [5.41, 5.74) is 0.977. The number of rotatable bonds is 3. The van der Waals surface area contributed by atoms with Gasteiger partial charge in [0.25, 0.3) is 0 Å². The van der Waals surface area contributed by atoms with E-state index in [1.54, 1.807) is 12.3 Å². The van der Waals surface area contributed by atoms with Gasteiger partial charge in [-0.05, 0) is 31.9 Å². The molecule has 2 aromatic rings. The monoisotopic (exact) mass is 374 g/mol. The second-order valence-corrected chi connectivity index (χ2v) is 7.35. The van der Waals surface area contributed by atoms with Crippen LogP contribution in [0.15, 0.2) is 24.4 Å². The topological polar surface area (TPSA) is 39.7 Å². The van der Waals surface area contributed by atoms with Crippen molar-refractivity contribution in [3.63, 3.8) is 0 Å². The highest BCUT2D eigenvalue weighted by Crippen LogP contribution is 2.29. The van der Waals surface area contributed by atoms with Crippen molar-refractivity contribution in [2.45, 2.75) is 25.8 Å². The zero-order valence-corrected chi connectivity index (χ0v) is 15.5. The van der Waals surface area contributed by atoms with Gasteiger partial charge >= 0.3 is 0 Å². The van der Waals surface area contributed by atoms with E-state index in [1.165, 1.54) is 6.07 Å². The van der Waals surface area contributed by atoms with Crippen LogP contribution in [0.4, 0.5) is 14.5 Å². The Balaban J connectivity index is 1.48. The Morgan fingerprint density at radius 2 is 1.78 bits per heavy atom. The van der Waals surface area contributed by atoms with Crippen LogP contribution >= 0.6 is 0 Å². The Hall–Kier alpha value is -2.28. The van der Waals surface area contributed by atoms with Crippen molar-refractivity contribution in [2.24, 2.45) is 0 Å². The van der Waals surface area contributed by atoms with Gasteiger partial charge in [-0.2, -0.15) is 0 Å². The molecule has 1 unspecified atom stereocenters. The minimum absolute atomic E-state index is 0.130. The Bertz CT molecular complexity index is 845. The van der Waals surface area contributed by atoms with E-state index >= 15 is 0 Å². The number of carbonyl (C=O) groups is 1. The van der Waals surface area contributed by atoms with Crippen LogP contribution in [0.25, 0.3) is 10.9 Å². The molecule has 1 atom stereocenters. The maximum Gasteiger partial charge on any atom is 0.239 e. The summed E-state index contributed by atoms with van der Waals surface area (Å²) in [7, 11) is 0. The molecule has 0 radical (unpaired) electrons. The van der Waals surface area contributed by atoms with E-state index in [2.05, 4.69) is 14.8 Å². The minimum atomic E-state index is -0.643. The number of aromatic nitrogens is 1. The van der Waals surface area contributed by atoms with Crippen LogP contribution in [0.5, 0.6) is 0 Å². The maximum atomic E-state index is 14.0. The van der Waals surface area contributed by atoms with Crippen molar-refractivity contribution < 1.29 is 13.6 Å². The summed E-state index contributed by atoms with van der Waals surface area (Å²) < 4.78 is 27.7. The third kappa shape index (κ3) is 3.48. The number of pyridine rings is 1. The van der Waals surface area contributed by atoms with Crippen molar-refractivity contribution in [1.29, 1.82) is 0 Å². The van der Waals surface area contributed by atoms with Crippen LogP contribution in [-0.4, -0.2) is 66.0 Å². The van der Waals surface area contributed by atoms with Crippen molar-refractivity contribution in [3.05, 3.63) is 36.0 Å². The van der Waals surface area contributed by atoms with Gasteiger partial charge in [0.1, 0.15) is 11.3 Å². The summed E-state index contributed by atoms with van der Waals surface area (Å²) in [5, 5.41) is 0.490. The summed E-state index contributed by atoms with van der Waals surface area (Å²) in [5.74, 6) is -1.03. The summed E-state index contributed by atoms with van der Waals surface area (Å²) in [6.45, 7) is 6.59. The number of fused-ring (bicyclic) bond motifs is 1. The van der Waals surface area contributed by atoms with E-state index in [4.69, 9.17) is 0 Å². The average Bonchev–Trinajstić information content (AvgIpc) is 3.21. The molecule has 2 fully saturated rings. The van der Waals surface area contributed by atoms with Gasteiger partial charge in [0, 0.05) is 62.6 Å². The fraction of sp³-hybridized carbons (Fsp3) is 0.500. The van der Waals surface area contributed by atoms with Gasteiger partial charge in [0.05, 0.1) is 6.04 Å². The lowest BCUT2D eigenvalue weighted by Gasteiger charge is -2.39. The molecule has 1 aromatic carbocycles. The molecule has 144 valence electrons.